The molecule has 0 aliphatic heterocycles. The van der Waals surface area contributed by atoms with Crippen molar-refractivity contribution >= 4 is 49.3 Å². The number of benzene rings is 1. The molecule has 2 aromatic heterocycles. The van der Waals surface area contributed by atoms with Gasteiger partial charge in [0.25, 0.3) is 5.56 Å². The average Bonchev–Trinajstić information content (AvgIpc) is 2.63. The van der Waals surface area contributed by atoms with Crippen molar-refractivity contribution in [2.24, 2.45) is 0 Å². The van der Waals surface area contributed by atoms with Gasteiger partial charge in [-0.05, 0) is 34.1 Å². The van der Waals surface area contributed by atoms with Gasteiger partial charge in [-0.2, -0.15) is 0 Å². The number of hydrogen-bond acceptors (Lipinski definition) is 1. The van der Waals surface area contributed by atoms with Gasteiger partial charge in [0.05, 0.1) is 15.4 Å². The molecule has 0 saturated carbocycles. The first kappa shape index (κ1) is 9.93. The van der Waals surface area contributed by atoms with Crippen LogP contribution in [0, 0.1) is 0 Å². The summed E-state index contributed by atoms with van der Waals surface area (Å²) in [5, 5.41) is 2.09. The molecule has 3 nitrogen and oxygen atoms in total. The van der Waals surface area contributed by atoms with E-state index in [-0.39, 0.29) is 5.56 Å². The quantitative estimate of drug-likeness (QED) is 0.656. The van der Waals surface area contributed by atoms with Crippen LogP contribution in [0.3, 0.4) is 0 Å². The van der Waals surface area contributed by atoms with Gasteiger partial charge in [-0.3, -0.25) is 4.79 Å². The van der Waals surface area contributed by atoms with Gasteiger partial charge in [-0.15, -0.1) is 0 Å². The van der Waals surface area contributed by atoms with E-state index in [1.54, 1.807) is 18.3 Å². The van der Waals surface area contributed by atoms with Crippen LogP contribution in [0.2, 0.25) is 5.02 Å². The second-order valence-corrected chi connectivity index (χ2v) is 4.82. The zero-order valence-corrected chi connectivity index (χ0v) is 10.3. The minimum absolute atomic E-state index is 0.119. The number of rotatable bonds is 0. The van der Waals surface area contributed by atoms with Gasteiger partial charge in [0.2, 0.25) is 0 Å². The first-order valence-corrected chi connectivity index (χ1v) is 5.82. The fourth-order valence-corrected chi connectivity index (χ4v) is 2.44. The molecule has 2 N–H and O–H groups in total. The summed E-state index contributed by atoms with van der Waals surface area (Å²) in [6.45, 7) is 0. The Balaban J connectivity index is 2.68. The van der Waals surface area contributed by atoms with E-state index in [4.69, 9.17) is 11.6 Å². The molecule has 0 atom stereocenters. The Morgan fingerprint density at radius 1 is 1.31 bits per heavy atom. The molecule has 0 aliphatic carbocycles. The van der Waals surface area contributed by atoms with Gasteiger partial charge >= 0.3 is 0 Å². The summed E-state index contributed by atoms with van der Waals surface area (Å²) < 4.78 is 0.828. The van der Waals surface area contributed by atoms with E-state index in [0.29, 0.717) is 10.4 Å². The van der Waals surface area contributed by atoms with Crippen LogP contribution < -0.4 is 5.56 Å². The number of hydrogen-bond donors (Lipinski definition) is 2. The lowest BCUT2D eigenvalue weighted by Gasteiger charge is -1.92. The van der Waals surface area contributed by atoms with E-state index in [1.807, 2.05) is 6.07 Å². The van der Waals surface area contributed by atoms with Crippen LogP contribution >= 0.6 is 27.5 Å². The summed E-state index contributed by atoms with van der Waals surface area (Å²) in [6, 6.07) is 5.45. The molecule has 0 bridgehead atoms. The molecular weight excluding hydrogens is 291 g/mol. The van der Waals surface area contributed by atoms with Crippen LogP contribution in [0.25, 0.3) is 21.8 Å². The number of fused-ring (bicyclic) bond motifs is 3. The zero-order chi connectivity index (χ0) is 11.3. The number of pyridine rings is 1. The number of aromatic amines is 2. The van der Waals surface area contributed by atoms with Crippen molar-refractivity contribution in [3.8, 4) is 0 Å². The fourth-order valence-electron chi connectivity index (χ4n) is 1.85. The molecule has 0 amide bonds. The molecule has 2 heterocycles. The molecule has 0 fully saturated rings. The van der Waals surface area contributed by atoms with Crippen molar-refractivity contribution < 1.29 is 0 Å². The molecule has 0 unspecified atom stereocenters. The smallest absolute Gasteiger partial charge is 0.258 e. The lowest BCUT2D eigenvalue weighted by Crippen LogP contribution is -2.03. The average molecular weight is 298 g/mol. The molecule has 16 heavy (non-hydrogen) atoms. The molecule has 0 saturated heterocycles. The third-order valence-corrected chi connectivity index (χ3v) is 3.42. The lowest BCUT2D eigenvalue weighted by molar-refractivity contribution is 1.26. The minimum atomic E-state index is -0.119. The van der Waals surface area contributed by atoms with Crippen molar-refractivity contribution in [1.82, 2.24) is 9.97 Å². The third kappa shape index (κ3) is 1.30. The summed E-state index contributed by atoms with van der Waals surface area (Å²) in [4.78, 5) is 17.6. The first-order valence-electron chi connectivity index (χ1n) is 4.65. The summed E-state index contributed by atoms with van der Waals surface area (Å²) in [6.07, 6.45) is 1.63. The molecule has 0 radical (unpaired) electrons. The molecule has 3 aromatic rings. The Kier molecular flexibility index (Phi) is 2.09. The van der Waals surface area contributed by atoms with Crippen LogP contribution in [0.15, 0.2) is 33.7 Å². The van der Waals surface area contributed by atoms with E-state index in [0.717, 1.165) is 20.9 Å². The van der Waals surface area contributed by atoms with E-state index in [1.165, 1.54) is 0 Å². The number of halogens is 2. The molecule has 1 aromatic carbocycles. The van der Waals surface area contributed by atoms with E-state index in [2.05, 4.69) is 25.9 Å². The molecule has 5 heteroatoms. The Hall–Kier alpha value is -1.26. The van der Waals surface area contributed by atoms with Crippen molar-refractivity contribution in [2.75, 3.05) is 0 Å². The maximum absolute atomic E-state index is 11.8. The predicted octanol–water partition coefficient (Wildman–Crippen LogP) is 3.43. The van der Waals surface area contributed by atoms with E-state index < -0.39 is 0 Å². The second-order valence-electron chi connectivity index (χ2n) is 3.53. The molecule has 0 aliphatic rings. The first-order chi connectivity index (χ1) is 7.66. The Bertz CT molecular complexity index is 760. The van der Waals surface area contributed by atoms with Crippen molar-refractivity contribution in [1.29, 1.82) is 0 Å². The Labute approximate surface area is 104 Å². The van der Waals surface area contributed by atoms with Gasteiger partial charge in [0.15, 0.2) is 0 Å². The van der Waals surface area contributed by atoms with Gasteiger partial charge in [-0.1, -0.05) is 11.6 Å². The second kappa shape index (κ2) is 3.37. The Morgan fingerprint density at radius 2 is 2.12 bits per heavy atom. The summed E-state index contributed by atoms with van der Waals surface area (Å²) in [5.41, 5.74) is 1.57. The van der Waals surface area contributed by atoms with Gasteiger partial charge < -0.3 is 9.97 Å². The summed E-state index contributed by atoms with van der Waals surface area (Å²) >= 11 is 9.32. The summed E-state index contributed by atoms with van der Waals surface area (Å²) in [7, 11) is 0. The zero-order valence-electron chi connectivity index (χ0n) is 7.97. The highest BCUT2D eigenvalue weighted by atomic mass is 79.9. The van der Waals surface area contributed by atoms with Gasteiger partial charge in [0.1, 0.15) is 0 Å². The van der Waals surface area contributed by atoms with Crippen LogP contribution in [0.1, 0.15) is 0 Å². The highest BCUT2D eigenvalue weighted by Gasteiger charge is 2.10. The highest BCUT2D eigenvalue weighted by molar-refractivity contribution is 9.10. The van der Waals surface area contributed by atoms with Crippen LogP contribution in [0.4, 0.5) is 0 Å². The third-order valence-electron chi connectivity index (χ3n) is 2.56. The summed E-state index contributed by atoms with van der Waals surface area (Å²) in [5.74, 6) is 0. The molecular formula is C11H6BrClN2O. The van der Waals surface area contributed by atoms with Crippen molar-refractivity contribution in [2.45, 2.75) is 0 Å². The SMILES string of the molecule is O=c1[nH]cc(Br)c2[nH]c3ccc(Cl)cc3c12. The molecule has 0 spiro atoms. The number of nitrogens with one attached hydrogen (secondary N) is 2. The van der Waals surface area contributed by atoms with Crippen molar-refractivity contribution in [3.05, 3.63) is 44.2 Å². The van der Waals surface area contributed by atoms with Gasteiger partial charge in [-0.25, -0.2) is 0 Å². The van der Waals surface area contributed by atoms with E-state index >= 15 is 0 Å². The fraction of sp³-hybridized carbons (Fsp3) is 0. The van der Waals surface area contributed by atoms with Gasteiger partial charge in [0, 0.05) is 22.1 Å². The van der Waals surface area contributed by atoms with Crippen LogP contribution in [0.5, 0.6) is 0 Å². The Morgan fingerprint density at radius 3 is 2.94 bits per heavy atom. The van der Waals surface area contributed by atoms with Crippen LogP contribution in [-0.4, -0.2) is 9.97 Å². The largest absolute Gasteiger partial charge is 0.353 e. The monoisotopic (exact) mass is 296 g/mol. The molecule has 3 rings (SSSR count). The molecule has 80 valence electrons. The lowest BCUT2D eigenvalue weighted by atomic mass is 10.2. The minimum Gasteiger partial charge on any atom is -0.353 e. The maximum atomic E-state index is 11.8. The standard InChI is InChI=1S/C11H6BrClN2O/c12-7-4-14-11(16)9-6-3-5(13)1-2-8(6)15-10(7)9/h1-4,15H,(H,14,16). The topological polar surface area (TPSA) is 48.6 Å². The number of H-pyrrole nitrogens is 2. The highest BCUT2D eigenvalue weighted by Crippen LogP contribution is 2.28. The normalized spacial score (nSPS) is 11.4. The number of aromatic nitrogens is 2. The maximum Gasteiger partial charge on any atom is 0.258 e. The van der Waals surface area contributed by atoms with E-state index in [9.17, 15) is 4.79 Å². The van der Waals surface area contributed by atoms with Crippen LogP contribution in [-0.2, 0) is 0 Å². The predicted molar refractivity (Wildman–Crippen MR) is 69.1 cm³/mol. The van der Waals surface area contributed by atoms with Crippen molar-refractivity contribution in [3.63, 3.8) is 0 Å².